The smallest absolute Gasteiger partial charge is 0.416 e. The van der Waals surface area contributed by atoms with Crippen molar-refractivity contribution in [3.8, 4) is 5.75 Å². The number of nitrogens with one attached hydrogen (secondary N) is 1. The molecule has 12 heteroatoms. The third-order valence-corrected chi connectivity index (χ3v) is 7.13. The number of benzene rings is 2. The topological polar surface area (TPSA) is 94.5 Å². The zero-order valence-corrected chi connectivity index (χ0v) is 20.9. The van der Waals surface area contributed by atoms with E-state index in [2.05, 4.69) is 5.32 Å². The highest BCUT2D eigenvalue weighted by Crippen LogP contribution is 2.33. The number of aliphatic hydroxyl groups excluding tert-OH is 2. The summed E-state index contributed by atoms with van der Waals surface area (Å²) in [5.74, 6) is 0.0292. The summed E-state index contributed by atoms with van der Waals surface area (Å²) in [6.45, 7) is 1.43. The first-order valence-electron chi connectivity index (χ1n) is 11.8. The molecule has 2 saturated heterocycles. The summed E-state index contributed by atoms with van der Waals surface area (Å²) in [6.07, 6.45) is -6.88. The highest BCUT2D eigenvalue weighted by atomic mass is 35.5. The van der Waals surface area contributed by atoms with Crippen molar-refractivity contribution in [1.82, 2.24) is 10.2 Å². The minimum absolute atomic E-state index is 0.0540. The normalized spacial score (nSPS) is 24.8. The van der Waals surface area contributed by atoms with E-state index in [1.54, 1.807) is 18.2 Å². The van der Waals surface area contributed by atoms with Gasteiger partial charge in [-0.15, -0.1) is 0 Å². The second-order valence-corrected chi connectivity index (χ2v) is 9.41. The second-order valence-electron chi connectivity index (χ2n) is 9.00. The maximum Gasteiger partial charge on any atom is 0.416 e. The van der Waals surface area contributed by atoms with Crippen LogP contribution >= 0.6 is 11.6 Å². The maximum atomic E-state index is 13.1. The maximum absolute atomic E-state index is 13.1. The number of halogens is 4. The standard InChI is InChI=1S/C25H29ClF3N3O5/c1-36-17-5-6-19(26)18(12-17)24(35)30-13-20-22(23(34)21(14-33)37-20)32-9-7-31(8-10-32)16-4-2-3-15(11-16)25(27,28)29/h2-6,11-12,20-23,33-34H,7-10,13-14H2,1H3,(H,30,35). The molecule has 0 aromatic heterocycles. The number of carbonyl (C=O) groups excluding carboxylic acids is 1. The van der Waals surface area contributed by atoms with Gasteiger partial charge in [0.25, 0.3) is 5.91 Å². The molecule has 3 N–H and O–H groups in total. The summed E-state index contributed by atoms with van der Waals surface area (Å²) in [5, 5.41) is 23.6. The molecule has 4 unspecified atom stereocenters. The summed E-state index contributed by atoms with van der Waals surface area (Å²) in [4.78, 5) is 16.6. The molecule has 2 aliphatic rings. The number of carbonyl (C=O) groups is 1. The second kappa shape index (κ2) is 11.4. The first-order chi connectivity index (χ1) is 17.6. The van der Waals surface area contributed by atoms with Crippen LogP contribution in [0.2, 0.25) is 5.02 Å². The van der Waals surface area contributed by atoms with E-state index in [0.29, 0.717) is 37.6 Å². The summed E-state index contributed by atoms with van der Waals surface area (Å²) in [7, 11) is 1.48. The van der Waals surface area contributed by atoms with Crippen molar-refractivity contribution in [3.05, 3.63) is 58.6 Å². The molecule has 1 amide bonds. The van der Waals surface area contributed by atoms with Crippen molar-refractivity contribution in [2.24, 2.45) is 0 Å². The van der Waals surface area contributed by atoms with Crippen LogP contribution in [-0.2, 0) is 10.9 Å². The highest BCUT2D eigenvalue weighted by Gasteiger charge is 2.47. The highest BCUT2D eigenvalue weighted by molar-refractivity contribution is 6.33. The molecule has 8 nitrogen and oxygen atoms in total. The van der Waals surface area contributed by atoms with E-state index in [1.165, 1.54) is 19.2 Å². The van der Waals surface area contributed by atoms with E-state index in [9.17, 15) is 28.2 Å². The zero-order valence-electron chi connectivity index (χ0n) is 20.1. The Hall–Kier alpha value is -2.57. The quantitative estimate of drug-likeness (QED) is 0.494. The van der Waals surface area contributed by atoms with Crippen LogP contribution < -0.4 is 15.0 Å². The van der Waals surface area contributed by atoms with Crippen molar-refractivity contribution in [3.63, 3.8) is 0 Å². The van der Waals surface area contributed by atoms with Gasteiger partial charge < -0.3 is 29.9 Å². The largest absolute Gasteiger partial charge is 0.497 e. The Morgan fingerprint density at radius 3 is 2.54 bits per heavy atom. The molecule has 0 radical (unpaired) electrons. The molecule has 0 spiro atoms. The van der Waals surface area contributed by atoms with Crippen LogP contribution in [-0.4, -0.2) is 91.8 Å². The molecule has 2 aromatic carbocycles. The van der Waals surface area contributed by atoms with Crippen LogP contribution in [0.3, 0.4) is 0 Å². The molecule has 2 aromatic rings. The predicted molar refractivity (Wildman–Crippen MR) is 131 cm³/mol. The first-order valence-corrected chi connectivity index (χ1v) is 12.2. The number of aliphatic hydroxyl groups is 2. The van der Waals surface area contributed by atoms with Gasteiger partial charge in [-0.25, -0.2) is 0 Å². The molecule has 2 aliphatic heterocycles. The lowest BCUT2D eigenvalue weighted by molar-refractivity contribution is -0.137. The van der Waals surface area contributed by atoms with Crippen molar-refractivity contribution >= 4 is 23.2 Å². The number of anilines is 1. The van der Waals surface area contributed by atoms with Crippen LogP contribution in [0.5, 0.6) is 5.75 Å². The number of ether oxygens (including phenoxy) is 2. The fraction of sp³-hybridized carbons (Fsp3) is 0.480. The van der Waals surface area contributed by atoms with E-state index < -0.39 is 48.6 Å². The molecule has 2 heterocycles. The van der Waals surface area contributed by atoms with Crippen molar-refractivity contribution in [1.29, 1.82) is 0 Å². The molecule has 37 heavy (non-hydrogen) atoms. The Morgan fingerprint density at radius 2 is 1.89 bits per heavy atom. The molecule has 4 atom stereocenters. The van der Waals surface area contributed by atoms with E-state index in [0.717, 1.165) is 12.1 Å². The van der Waals surface area contributed by atoms with Gasteiger partial charge in [-0.1, -0.05) is 17.7 Å². The summed E-state index contributed by atoms with van der Waals surface area (Å²) in [5.41, 5.74) is -0.000731. The lowest BCUT2D eigenvalue weighted by atomic mass is 10.0. The lowest BCUT2D eigenvalue weighted by Gasteiger charge is -2.41. The van der Waals surface area contributed by atoms with Crippen LogP contribution in [0.1, 0.15) is 15.9 Å². The number of nitrogens with zero attached hydrogens (tertiary/aromatic N) is 2. The Bertz CT molecular complexity index is 1100. The molecule has 202 valence electrons. The third kappa shape index (κ3) is 6.12. The summed E-state index contributed by atoms with van der Waals surface area (Å²) < 4.78 is 50.4. The predicted octanol–water partition coefficient (Wildman–Crippen LogP) is 2.41. The summed E-state index contributed by atoms with van der Waals surface area (Å²) >= 11 is 6.17. The fourth-order valence-corrected chi connectivity index (χ4v) is 5.05. The van der Waals surface area contributed by atoms with Gasteiger partial charge in [0.05, 0.1) is 42.0 Å². The van der Waals surface area contributed by atoms with Crippen molar-refractivity contribution in [2.75, 3.05) is 51.3 Å². The SMILES string of the molecule is COc1ccc(Cl)c(C(=O)NCC2OC(CO)C(O)C2N2CCN(c3cccc(C(F)(F)F)c3)CC2)c1. The molecule has 0 bridgehead atoms. The van der Waals surface area contributed by atoms with Gasteiger partial charge in [-0.05, 0) is 36.4 Å². The van der Waals surface area contributed by atoms with Crippen LogP contribution in [0.15, 0.2) is 42.5 Å². The van der Waals surface area contributed by atoms with Crippen molar-refractivity contribution < 1.29 is 37.7 Å². The molecule has 4 rings (SSSR count). The van der Waals surface area contributed by atoms with Crippen LogP contribution in [0.25, 0.3) is 0 Å². The van der Waals surface area contributed by atoms with Gasteiger partial charge in [0.2, 0.25) is 0 Å². The minimum atomic E-state index is -4.42. The number of amides is 1. The monoisotopic (exact) mass is 543 g/mol. The number of rotatable bonds is 7. The number of hydrogen-bond acceptors (Lipinski definition) is 7. The van der Waals surface area contributed by atoms with Crippen molar-refractivity contribution in [2.45, 2.75) is 30.5 Å². The van der Waals surface area contributed by atoms with Crippen LogP contribution in [0, 0.1) is 0 Å². The number of alkyl halides is 3. The molecular weight excluding hydrogens is 515 g/mol. The van der Waals surface area contributed by atoms with Crippen LogP contribution in [0.4, 0.5) is 18.9 Å². The molecule has 0 saturated carbocycles. The Balaban J connectivity index is 1.42. The number of piperazine rings is 1. The number of hydrogen-bond donors (Lipinski definition) is 3. The van der Waals surface area contributed by atoms with E-state index in [4.69, 9.17) is 21.1 Å². The molecule has 0 aliphatic carbocycles. The fourth-order valence-electron chi connectivity index (χ4n) is 4.85. The zero-order chi connectivity index (χ0) is 26.7. The lowest BCUT2D eigenvalue weighted by Crippen LogP contribution is -2.57. The van der Waals surface area contributed by atoms with E-state index in [-0.39, 0.29) is 17.1 Å². The van der Waals surface area contributed by atoms with Gasteiger partial charge in [0, 0.05) is 38.4 Å². The van der Waals surface area contributed by atoms with Gasteiger partial charge in [-0.2, -0.15) is 13.2 Å². The van der Waals surface area contributed by atoms with Gasteiger partial charge in [0.15, 0.2) is 0 Å². The average Bonchev–Trinajstić information content (AvgIpc) is 3.22. The number of methoxy groups -OCH3 is 1. The molecular formula is C25H29ClF3N3O5. The van der Waals surface area contributed by atoms with Gasteiger partial charge in [0.1, 0.15) is 18.0 Å². The van der Waals surface area contributed by atoms with Gasteiger partial charge in [-0.3, -0.25) is 9.69 Å². The Kier molecular flexibility index (Phi) is 8.49. The Labute approximate surface area is 217 Å². The van der Waals surface area contributed by atoms with E-state index >= 15 is 0 Å². The third-order valence-electron chi connectivity index (χ3n) is 6.80. The Morgan fingerprint density at radius 1 is 1.16 bits per heavy atom. The summed E-state index contributed by atoms with van der Waals surface area (Å²) in [6, 6.07) is 9.38. The minimum Gasteiger partial charge on any atom is -0.497 e. The van der Waals surface area contributed by atoms with E-state index in [1.807, 2.05) is 9.80 Å². The average molecular weight is 544 g/mol. The molecule has 2 fully saturated rings. The van der Waals surface area contributed by atoms with Gasteiger partial charge >= 0.3 is 6.18 Å². The first kappa shape index (κ1) is 27.5.